The molecule has 4 saturated carbocycles. The van der Waals surface area contributed by atoms with Gasteiger partial charge in [-0.25, -0.2) is 0 Å². The van der Waals surface area contributed by atoms with Crippen LogP contribution in [0.1, 0.15) is 85.5 Å². The summed E-state index contributed by atoms with van der Waals surface area (Å²) in [5.41, 5.74) is -0.0772. The zero-order chi connectivity index (χ0) is 23.4. The molecular weight excluding hydrogens is 404 g/mol. The monoisotopic (exact) mass is 452 g/mol. The van der Waals surface area contributed by atoms with Gasteiger partial charge < -0.3 is 25.5 Å². The molecule has 5 heteroatoms. The van der Waals surface area contributed by atoms with Crippen molar-refractivity contribution in [1.29, 1.82) is 0 Å². The Labute approximate surface area is 194 Å². The van der Waals surface area contributed by atoms with E-state index in [2.05, 4.69) is 20.8 Å². The zero-order valence-electron chi connectivity index (χ0n) is 20.7. The molecule has 0 radical (unpaired) electrons. The van der Waals surface area contributed by atoms with Gasteiger partial charge in [-0.1, -0.05) is 27.7 Å². The highest BCUT2D eigenvalue weighted by Gasteiger charge is 2.65. The van der Waals surface area contributed by atoms with Gasteiger partial charge >= 0.3 is 0 Å². The fourth-order valence-corrected chi connectivity index (χ4v) is 9.17. The Morgan fingerprint density at radius 2 is 1.62 bits per heavy atom. The minimum Gasteiger partial charge on any atom is -0.396 e. The van der Waals surface area contributed by atoms with Gasteiger partial charge in [-0.05, 0) is 104 Å². The van der Waals surface area contributed by atoms with Gasteiger partial charge in [0.1, 0.15) is 0 Å². The standard InChI is InChI=1S/C27H48O5/c1-15(5-8-22(30)16(2)14-28)19-6-7-20-25-21(13-24(32)27(19,20)4)26(3)10-9-18(29)11-17(26)12-23(25)31/h15-25,28-32H,5-14H2,1-4H3/t15-,16-,17+,18-,19-,20+,21+,22-,23-,24+,25+,26+,27-/m1/s1. The van der Waals surface area contributed by atoms with Crippen molar-refractivity contribution in [1.82, 2.24) is 0 Å². The summed E-state index contributed by atoms with van der Waals surface area (Å²) in [5, 5.41) is 52.9. The van der Waals surface area contributed by atoms with Crippen LogP contribution in [0.3, 0.4) is 0 Å². The van der Waals surface area contributed by atoms with Crippen molar-refractivity contribution < 1.29 is 25.5 Å². The molecule has 4 aliphatic carbocycles. The molecule has 0 aromatic rings. The van der Waals surface area contributed by atoms with Crippen LogP contribution in [0.15, 0.2) is 0 Å². The van der Waals surface area contributed by atoms with Crippen LogP contribution in [0.25, 0.3) is 0 Å². The van der Waals surface area contributed by atoms with Crippen LogP contribution in [-0.4, -0.2) is 56.6 Å². The maximum absolute atomic E-state index is 11.6. The van der Waals surface area contributed by atoms with Gasteiger partial charge in [-0.15, -0.1) is 0 Å². The summed E-state index contributed by atoms with van der Waals surface area (Å²) in [4.78, 5) is 0. The van der Waals surface area contributed by atoms with E-state index in [-0.39, 0.29) is 47.6 Å². The summed E-state index contributed by atoms with van der Waals surface area (Å²) in [6.45, 7) is 8.82. The summed E-state index contributed by atoms with van der Waals surface area (Å²) >= 11 is 0. The first-order valence-corrected chi connectivity index (χ1v) is 13.4. The molecule has 5 N–H and O–H groups in total. The van der Waals surface area contributed by atoms with Crippen LogP contribution in [0, 0.1) is 52.3 Å². The van der Waals surface area contributed by atoms with Gasteiger partial charge in [0.2, 0.25) is 0 Å². The quantitative estimate of drug-likeness (QED) is 0.425. The molecule has 4 rings (SSSR count). The number of hydrogen-bond acceptors (Lipinski definition) is 5. The number of aliphatic hydroxyl groups is 5. The second-order valence-electron chi connectivity index (χ2n) is 12.8. The first-order chi connectivity index (χ1) is 15.0. The van der Waals surface area contributed by atoms with Crippen molar-refractivity contribution in [2.45, 2.75) is 110 Å². The number of rotatable bonds is 6. The normalized spacial score (nSPS) is 51.3. The van der Waals surface area contributed by atoms with Crippen LogP contribution in [0.4, 0.5) is 0 Å². The Balaban J connectivity index is 1.53. The van der Waals surface area contributed by atoms with E-state index in [1.807, 2.05) is 6.92 Å². The highest BCUT2D eigenvalue weighted by atomic mass is 16.3. The highest BCUT2D eigenvalue weighted by Crippen LogP contribution is 2.68. The van der Waals surface area contributed by atoms with E-state index in [9.17, 15) is 25.5 Å². The molecule has 0 bridgehead atoms. The van der Waals surface area contributed by atoms with E-state index in [0.717, 1.165) is 51.4 Å². The molecule has 0 saturated heterocycles. The van der Waals surface area contributed by atoms with Crippen molar-refractivity contribution in [2.75, 3.05) is 6.61 Å². The summed E-state index contributed by atoms with van der Waals surface area (Å²) in [6.07, 6.45) is 6.54. The van der Waals surface area contributed by atoms with Crippen LogP contribution in [-0.2, 0) is 0 Å². The molecule has 0 heterocycles. The number of fused-ring (bicyclic) bond motifs is 5. The first-order valence-electron chi connectivity index (χ1n) is 13.4. The number of hydrogen-bond donors (Lipinski definition) is 5. The van der Waals surface area contributed by atoms with Crippen LogP contribution in [0.2, 0.25) is 0 Å². The molecule has 0 amide bonds. The molecule has 4 aliphatic rings. The van der Waals surface area contributed by atoms with Crippen molar-refractivity contribution in [2.24, 2.45) is 52.3 Å². The Morgan fingerprint density at radius 3 is 2.31 bits per heavy atom. The van der Waals surface area contributed by atoms with Gasteiger partial charge in [-0.3, -0.25) is 0 Å². The lowest BCUT2D eigenvalue weighted by Gasteiger charge is -2.63. The molecule has 0 aromatic heterocycles. The van der Waals surface area contributed by atoms with E-state index >= 15 is 0 Å². The largest absolute Gasteiger partial charge is 0.396 e. The van der Waals surface area contributed by atoms with Crippen LogP contribution in [0.5, 0.6) is 0 Å². The van der Waals surface area contributed by atoms with Crippen molar-refractivity contribution in [3.8, 4) is 0 Å². The van der Waals surface area contributed by atoms with Crippen LogP contribution >= 0.6 is 0 Å². The first kappa shape index (κ1) is 24.9. The van der Waals surface area contributed by atoms with Crippen LogP contribution < -0.4 is 0 Å². The molecule has 0 aromatic carbocycles. The Kier molecular flexibility index (Phi) is 7.09. The third-order valence-electron chi connectivity index (χ3n) is 11.4. The SMILES string of the molecule is C[C@H](CO)[C@H](O)CC[C@@H](C)[C@H]1CC[C@H]2[C@@H]3[C@H](O)C[C@@H]4C[C@H](O)CC[C@]4(C)[C@H]3C[C@H](O)[C@]12C. The fraction of sp³-hybridized carbons (Fsp3) is 1.00. The summed E-state index contributed by atoms with van der Waals surface area (Å²) in [7, 11) is 0. The van der Waals surface area contributed by atoms with E-state index in [4.69, 9.17) is 0 Å². The lowest BCUT2D eigenvalue weighted by Crippen LogP contribution is -2.62. The maximum Gasteiger partial charge on any atom is 0.0602 e. The molecule has 4 fully saturated rings. The molecular formula is C27H48O5. The predicted octanol–water partition coefficient (Wildman–Crippen LogP) is 3.35. The van der Waals surface area contributed by atoms with Gasteiger partial charge in [0.25, 0.3) is 0 Å². The van der Waals surface area contributed by atoms with Crippen molar-refractivity contribution >= 4 is 0 Å². The fourth-order valence-electron chi connectivity index (χ4n) is 9.17. The Morgan fingerprint density at radius 1 is 0.906 bits per heavy atom. The zero-order valence-corrected chi connectivity index (χ0v) is 20.7. The summed E-state index contributed by atoms with van der Waals surface area (Å²) < 4.78 is 0. The molecule has 186 valence electrons. The topological polar surface area (TPSA) is 101 Å². The third-order valence-corrected chi connectivity index (χ3v) is 11.4. The number of aliphatic hydroxyl groups excluding tert-OH is 5. The lowest BCUT2D eigenvalue weighted by molar-refractivity contribution is -0.207. The second-order valence-corrected chi connectivity index (χ2v) is 12.8. The molecule has 5 nitrogen and oxygen atoms in total. The third kappa shape index (κ3) is 3.88. The van der Waals surface area contributed by atoms with Gasteiger partial charge in [0.15, 0.2) is 0 Å². The molecule has 0 unspecified atom stereocenters. The molecule has 32 heavy (non-hydrogen) atoms. The minimum atomic E-state index is -0.480. The molecule has 13 atom stereocenters. The molecule has 0 spiro atoms. The highest BCUT2D eigenvalue weighted by molar-refractivity contribution is 5.14. The summed E-state index contributed by atoms with van der Waals surface area (Å²) in [6, 6.07) is 0. The van der Waals surface area contributed by atoms with E-state index in [0.29, 0.717) is 36.0 Å². The van der Waals surface area contributed by atoms with Crippen molar-refractivity contribution in [3.05, 3.63) is 0 Å². The maximum atomic E-state index is 11.6. The predicted molar refractivity (Wildman–Crippen MR) is 125 cm³/mol. The summed E-state index contributed by atoms with van der Waals surface area (Å²) in [5.74, 6) is 1.96. The van der Waals surface area contributed by atoms with Gasteiger partial charge in [-0.2, -0.15) is 0 Å². The van der Waals surface area contributed by atoms with Crippen molar-refractivity contribution in [3.63, 3.8) is 0 Å². The lowest BCUT2D eigenvalue weighted by atomic mass is 9.43. The van der Waals surface area contributed by atoms with E-state index in [1.165, 1.54) is 0 Å². The van der Waals surface area contributed by atoms with Gasteiger partial charge in [0, 0.05) is 12.5 Å². The van der Waals surface area contributed by atoms with E-state index < -0.39 is 6.10 Å². The smallest absolute Gasteiger partial charge is 0.0602 e. The molecule has 0 aliphatic heterocycles. The Hall–Kier alpha value is -0.200. The van der Waals surface area contributed by atoms with Gasteiger partial charge in [0.05, 0.1) is 24.4 Å². The average molecular weight is 453 g/mol. The Bertz CT molecular complexity index is 656. The van der Waals surface area contributed by atoms with E-state index in [1.54, 1.807) is 0 Å². The minimum absolute atomic E-state index is 0.00915. The average Bonchev–Trinajstić information content (AvgIpc) is 3.11. The second kappa shape index (κ2) is 9.11.